The molecule has 1 atom stereocenters. The molecule has 116 valence electrons. The Morgan fingerprint density at radius 1 is 1.35 bits per heavy atom. The van der Waals surface area contributed by atoms with Crippen molar-refractivity contribution in [2.75, 3.05) is 26.2 Å². The highest BCUT2D eigenvalue weighted by molar-refractivity contribution is 5.76. The van der Waals surface area contributed by atoms with Crippen molar-refractivity contribution in [3.8, 4) is 0 Å². The van der Waals surface area contributed by atoms with Gasteiger partial charge >= 0.3 is 6.03 Å². The van der Waals surface area contributed by atoms with E-state index in [0.717, 1.165) is 19.4 Å². The van der Waals surface area contributed by atoms with Crippen LogP contribution in [0.5, 0.6) is 0 Å². The van der Waals surface area contributed by atoms with Gasteiger partial charge in [-0.1, -0.05) is 0 Å². The first-order valence-electron chi connectivity index (χ1n) is 7.34. The summed E-state index contributed by atoms with van der Waals surface area (Å²) in [7, 11) is 0. The van der Waals surface area contributed by atoms with Crippen LogP contribution in [0, 0.1) is 5.92 Å². The summed E-state index contributed by atoms with van der Waals surface area (Å²) >= 11 is 0. The number of carbonyl (C=O) groups excluding carboxylic acids is 2. The van der Waals surface area contributed by atoms with Gasteiger partial charge in [0.25, 0.3) is 0 Å². The van der Waals surface area contributed by atoms with Crippen molar-refractivity contribution >= 4 is 11.9 Å². The van der Waals surface area contributed by atoms with E-state index >= 15 is 0 Å². The summed E-state index contributed by atoms with van der Waals surface area (Å²) in [6.07, 6.45) is 2.54. The van der Waals surface area contributed by atoms with Crippen LogP contribution in [0.2, 0.25) is 0 Å². The van der Waals surface area contributed by atoms with Gasteiger partial charge in [-0.15, -0.1) is 0 Å². The fraction of sp³-hybridized carbons (Fsp3) is 0.857. The van der Waals surface area contributed by atoms with Crippen LogP contribution >= 0.6 is 0 Å². The molecule has 1 unspecified atom stereocenters. The topological polar surface area (TPSA) is 87.5 Å². The quantitative estimate of drug-likeness (QED) is 0.693. The maximum absolute atomic E-state index is 12.1. The Morgan fingerprint density at radius 2 is 2.05 bits per heavy atom. The highest BCUT2D eigenvalue weighted by Gasteiger charge is 2.23. The van der Waals surface area contributed by atoms with Gasteiger partial charge in [0, 0.05) is 38.1 Å². The Morgan fingerprint density at radius 3 is 2.65 bits per heavy atom. The lowest BCUT2D eigenvalue weighted by atomic mass is 9.97. The van der Waals surface area contributed by atoms with Crippen molar-refractivity contribution in [3.05, 3.63) is 0 Å². The maximum Gasteiger partial charge on any atom is 0.312 e. The number of hydrogen-bond donors (Lipinski definition) is 3. The lowest BCUT2D eigenvalue weighted by Gasteiger charge is -2.33. The number of likely N-dealkylation sites (tertiary alicyclic amines) is 1. The molecule has 0 radical (unpaired) electrons. The van der Waals surface area contributed by atoms with Crippen LogP contribution in [0.1, 0.15) is 40.0 Å². The Hall–Kier alpha value is -1.30. The van der Waals surface area contributed by atoms with Crippen LogP contribution in [0.15, 0.2) is 0 Å². The van der Waals surface area contributed by atoms with Crippen molar-refractivity contribution in [2.45, 2.75) is 45.6 Å². The summed E-state index contributed by atoms with van der Waals surface area (Å²) < 4.78 is 0. The number of nitrogens with one attached hydrogen (secondary N) is 2. The van der Waals surface area contributed by atoms with E-state index in [9.17, 15) is 9.59 Å². The summed E-state index contributed by atoms with van der Waals surface area (Å²) in [5, 5.41) is 5.95. The van der Waals surface area contributed by atoms with E-state index in [2.05, 4.69) is 31.4 Å². The molecule has 0 saturated carbocycles. The average Bonchev–Trinajstić information content (AvgIpc) is 2.35. The third-order valence-corrected chi connectivity index (χ3v) is 3.43. The largest absolute Gasteiger partial charge is 0.352 e. The van der Waals surface area contributed by atoms with Crippen molar-refractivity contribution < 1.29 is 9.59 Å². The summed E-state index contributed by atoms with van der Waals surface area (Å²) in [4.78, 5) is 24.8. The molecule has 3 amide bonds. The van der Waals surface area contributed by atoms with Crippen molar-refractivity contribution in [1.82, 2.24) is 15.5 Å². The zero-order valence-electron chi connectivity index (χ0n) is 12.9. The number of urea groups is 1. The monoisotopic (exact) mass is 284 g/mol. The fourth-order valence-corrected chi connectivity index (χ4v) is 2.41. The van der Waals surface area contributed by atoms with Gasteiger partial charge in [-0.25, -0.2) is 4.79 Å². The molecule has 1 heterocycles. The molecule has 4 N–H and O–H groups in total. The lowest BCUT2D eigenvalue weighted by Crippen LogP contribution is -2.45. The SMILES string of the molecule is CC(C)(C)NCCC(=O)N1CCCC(CNC(N)=O)C1. The number of carbonyl (C=O) groups is 2. The van der Waals surface area contributed by atoms with Crippen LogP contribution in [-0.4, -0.2) is 48.6 Å². The summed E-state index contributed by atoms with van der Waals surface area (Å²) in [6.45, 7) is 9.05. The maximum atomic E-state index is 12.1. The van der Waals surface area contributed by atoms with E-state index in [0.29, 0.717) is 32.0 Å². The number of nitrogens with zero attached hydrogens (tertiary/aromatic N) is 1. The smallest absolute Gasteiger partial charge is 0.312 e. The predicted molar refractivity (Wildman–Crippen MR) is 79.3 cm³/mol. The first kappa shape index (κ1) is 16.8. The van der Waals surface area contributed by atoms with Gasteiger partial charge < -0.3 is 21.3 Å². The van der Waals surface area contributed by atoms with Gasteiger partial charge in [-0.2, -0.15) is 0 Å². The van der Waals surface area contributed by atoms with Crippen LogP contribution in [-0.2, 0) is 4.79 Å². The summed E-state index contributed by atoms with van der Waals surface area (Å²) in [6, 6.07) is -0.497. The van der Waals surface area contributed by atoms with E-state index in [1.165, 1.54) is 0 Å². The zero-order valence-corrected chi connectivity index (χ0v) is 12.9. The molecular weight excluding hydrogens is 256 g/mol. The van der Waals surface area contributed by atoms with Crippen LogP contribution < -0.4 is 16.4 Å². The molecule has 1 aliphatic heterocycles. The molecule has 0 aromatic heterocycles. The Labute approximate surface area is 121 Å². The van der Waals surface area contributed by atoms with Gasteiger partial charge in [0.15, 0.2) is 0 Å². The molecule has 0 aromatic rings. The zero-order chi connectivity index (χ0) is 15.2. The van der Waals surface area contributed by atoms with Gasteiger partial charge in [0.2, 0.25) is 5.91 Å². The Bertz CT molecular complexity index is 339. The normalized spacial score (nSPS) is 19.8. The van der Waals surface area contributed by atoms with Crippen molar-refractivity contribution in [3.63, 3.8) is 0 Å². The highest BCUT2D eigenvalue weighted by Crippen LogP contribution is 2.16. The van der Waals surface area contributed by atoms with E-state index < -0.39 is 6.03 Å². The highest BCUT2D eigenvalue weighted by atomic mass is 16.2. The Kier molecular flexibility index (Phi) is 6.26. The number of rotatable bonds is 5. The van der Waals surface area contributed by atoms with E-state index in [-0.39, 0.29) is 11.4 Å². The fourth-order valence-electron chi connectivity index (χ4n) is 2.41. The van der Waals surface area contributed by atoms with Crippen LogP contribution in [0.25, 0.3) is 0 Å². The molecule has 1 fully saturated rings. The number of hydrogen-bond acceptors (Lipinski definition) is 3. The second-order valence-corrected chi connectivity index (χ2v) is 6.52. The molecule has 1 aliphatic rings. The minimum atomic E-state index is -0.497. The first-order valence-corrected chi connectivity index (χ1v) is 7.34. The van der Waals surface area contributed by atoms with Crippen LogP contribution in [0.4, 0.5) is 4.79 Å². The van der Waals surface area contributed by atoms with Gasteiger partial charge in [0.1, 0.15) is 0 Å². The van der Waals surface area contributed by atoms with Gasteiger partial charge in [-0.05, 0) is 39.5 Å². The molecule has 0 spiro atoms. The third kappa shape index (κ3) is 6.75. The molecule has 1 rings (SSSR count). The van der Waals surface area contributed by atoms with Crippen molar-refractivity contribution in [1.29, 1.82) is 0 Å². The second-order valence-electron chi connectivity index (χ2n) is 6.52. The molecule has 0 bridgehead atoms. The standard InChI is InChI=1S/C14H28N4O2/c1-14(2,3)17-7-6-12(19)18-8-4-5-11(10-18)9-16-13(15)20/h11,17H,4-10H2,1-3H3,(H3,15,16,20). The third-order valence-electron chi connectivity index (χ3n) is 3.43. The molecule has 0 aliphatic carbocycles. The molecule has 6 nitrogen and oxygen atoms in total. The number of nitrogens with two attached hydrogens (primary N) is 1. The van der Waals surface area contributed by atoms with E-state index in [1.807, 2.05) is 4.90 Å². The minimum Gasteiger partial charge on any atom is -0.352 e. The lowest BCUT2D eigenvalue weighted by molar-refractivity contribution is -0.132. The predicted octanol–water partition coefficient (Wildman–Crippen LogP) is 0.672. The second kappa shape index (κ2) is 7.47. The minimum absolute atomic E-state index is 0.0378. The number of amides is 3. The van der Waals surface area contributed by atoms with E-state index in [1.54, 1.807) is 0 Å². The van der Waals surface area contributed by atoms with Gasteiger partial charge in [0.05, 0.1) is 0 Å². The molecular formula is C14H28N4O2. The summed E-state index contributed by atoms with van der Waals surface area (Å²) in [5.74, 6) is 0.501. The first-order chi connectivity index (χ1) is 9.28. The molecule has 0 aromatic carbocycles. The molecule has 6 heteroatoms. The average molecular weight is 284 g/mol. The number of piperidine rings is 1. The van der Waals surface area contributed by atoms with Crippen molar-refractivity contribution in [2.24, 2.45) is 11.7 Å². The van der Waals surface area contributed by atoms with Crippen LogP contribution in [0.3, 0.4) is 0 Å². The Balaban J connectivity index is 2.31. The summed E-state index contributed by atoms with van der Waals surface area (Å²) in [5.41, 5.74) is 5.11. The van der Waals surface area contributed by atoms with E-state index in [4.69, 9.17) is 5.73 Å². The molecule has 1 saturated heterocycles. The molecule has 20 heavy (non-hydrogen) atoms. The number of primary amides is 1. The van der Waals surface area contributed by atoms with Gasteiger partial charge in [-0.3, -0.25) is 4.79 Å².